The van der Waals surface area contributed by atoms with Crippen LogP contribution in [0.3, 0.4) is 0 Å². The molecule has 2 unspecified atom stereocenters. The highest BCUT2D eigenvalue weighted by molar-refractivity contribution is 6.32. The number of nitrogens with one attached hydrogen (secondary N) is 2. The number of carbonyl (C=O) groups is 1. The fourth-order valence-corrected chi connectivity index (χ4v) is 5.62. The molecule has 44 heavy (non-hydrogen) atoms. The third kappa shape index (κ3) is 6.91. The van der Waals surface area contributed by atoms with Crippen LogP contribution in [0.1, 0.15) is 18.4 Å². The molecule has 2 fully saturated rings. The number of morpholine rings is 1. The van der Waals surface area contributed by atoms with Gasteiger partial charge in [-0.25, -0.2) is 18.7 Å². The molecule has 3 aromatic carbocycles. The van der Waals surface area contributed by atoms with Crippen LogP contribution in [-0.2, 0) is 16.1 Å². The van der Waals surface area contributed by atoms with Crippen LogP contribution < -0.4 is 20.1 Å². The third-order valence-corrected chi connectivity index (χ3v) is 7.82. The number of anilines is 3. The molecule has 2 N–H and O–H groups in total. The summed E-state index contributed by atoms with van der Waals surface area (Å²) in [6.07, 6.45) is 5.24. The van der Waals surface area contributed by atoms with Crippen molar-refractivity contribution in [3.8, 4) is 11.5 Å². The Morgan fingerprint density at radius 2 is 1.89 bits per heavy atom. The molecule has 2 bridgehead atoms. The van der Waals surface area contributed by atoms with E-state index in [1.54, 1.807) is 24.3 Å². The summed E-state index contributed by atoms with van der Waals surface area (Å²) in [6.45, 7) is 6.41. The second-order valence-electron chi connectivity index (χ2n) is 10.7. The van der Waals surface area contributed by atoms with E-state index in [0.717, 1.165) is 38.1 Å². The number of nitrogens with zero attached hydrogens (tertiary/aromatic N) is 3. The summed E-state index contributed by atoms with van der Waals surface area (Å²) in [5.41, 5.74) is 1.53. The standard InChI is InChI=1S/C32H30ClF2N5O4/c1-2-31(41)38-28-11-23-26(14-30(28)42-9-8-40-15-21-6-7-22(16-40)44-21)36-18-37-32(23)39-27-12-24(33)29(13-25(27)35)43-17-19-4-3-5-20(34)10-19/h2-5,10-14,18,21-22H,1,6-9,15-17H2,(H,38,41)(H,36,37,39). The number of likely N-dealkylation sites (tertiary alicyclic amines) is 1. The van der Waals surface area contributed by atoms with Gasteiger partial charge in [-0.1, -0.05) is 30.3 Å². The zero-order valence-electron chi connectivity index (χ0n) is 23.7. The normalized spacial score (nSPS) is 17.8. The molecule has 0 radical (unpaired) electrons. The van der Waals surface area contributed by atoms with Gasteiger partial charge in [-0.15, -0.1) is 0 Å². The minimum Gasteiger partial charge on any atom is -0.490 e. The highest BCUT2D eigenvalue weighted by Gasteiger charge is 2.33. The number of fused-ring (bicyclic) bond motifs is 3. The minimum atomic E-state index is -0.646. The molecule has 6 rings (SSSR count). The van der Waals surface area contributed by atoms with Gasteiger partial charge in [0.2, 0.25) is 5.91 Å². The molecule has 2 aliphatic rings. The number of hydrogen-bond donors (Lipinski definition) is 2. The molecule has 1 aromatic heterocycles. The summed E-state index contributed by atoms with van der Waals surface area (Å²) in [5.74, 6) is -0.646. The van der Waals surface area contributed by atoms with Crippen molar-refractivity contribution in [2.45, 2.75) is 31.7 Å². The van der Waals surface area contributed by atoms with Gasteiger partial charge in [0.1, 0.15) is 48.5 Å². The Hall–Kier alpha value is -4.32. The monoisotopic (exact) mass is 621 g/mol. The average Bonchev–Trinajstić information content (AvgIpc) is 3.35. The lowest BCUT2D eigenvalue weighted by molar-refractivity contribution is -0.111. The molecule has 2 aliphatic heterocycles. The quantitative estimate of drug-likeness (QED) is 0.190. The van der Waals surface area contributed by atoms with Crippen molar-refractivity contribution in [2.75, 3.05) is 36.9 Å². The Kier molecular flexibility index (Phi) is 8.87. The van der Waals surface area contributed by atoms with Crippen LogP contribution in [0.15, 0.2) is 67.5 Å². The van der Waals surface area contributed by atoms with Crippen molar-refractivity contribution in [2.24, 2.45) is 0 Å². The molecule has 2 atom stereocenters. The van der Waals surface area contributed by atoms with Gasteiger partial charge in [0.15, 0.2) is 0 Å². The first-order chi connectivity index (χ1) is 21.3. The third-order valence-electron chi connectivity index (χ3n) is 7.52. The molecule has 12 heteroatoms. The lowest BCUT2D eigenvalue weighted by Gasteiger charge is -2.31. The van der Waals surface area contributed by atoms with E-state index in [9.17, 15) is 9.18 Å². The van der Waals surface area contributed by atoms with Gasteiger partial charge in [0.05, 0.1) is 34.1 Å². The summed E-state index contributed by atoms with van der Waals surface area (Å²) in [4.78, 5) is 23.3. The maximum atomic E-state index is 15.2. The van der Waals surface area contributed by atoms with Gasteiger partial charge >= 0.3 is 0 Å². The van der Waals surface area contributed by atoms with Crippen LogP contribution in [0.2, 0.25) is 5.02 Å². The molecular formula is C32H30ClF2N5O4. The second kappa shape index (κ2) is 13.1. The maximum Gasteiger partial charge on any atom is 0.247 e. The van der Waals surface area contributed by atoms with E-state index in [1.807, 2.05) is 0 Å². The summed E-state index contributed by atoms with van der Waals surface area (Å²) >= 11 is 6.40. The minimum absolute atomic E-state index is 0.0112. The SMILES string of the molecule is C=CC(=O)Nc1cc2c(Nc3cc(Cl)c(OCc4cccc(F)c4)cc3F)ncnc2cc1OCCN1CC2CCC(C1)O2. The first-order valence-corrected chi connectivity index (χ1v) is 14.6. The number of ether oxygens (including phenoxy) is 3. The molecule has 1 amide bonds. The smallest absolute Gasteiger partial charge is 0.247 e. The largest absolute Gasteiger partial charge is 0.490 e. The Balaban J connectivity index is 1.20. The van der Waals surface area contributed by atoms with E-state index >= 15 is 4.39 Å². The van der Waals surface area contributed by atoms with E-state index in [2.05, 4.69) is 32.1 Å². The molecule has 3 heterocycles. The topological polar surface area (TPSA) is 97.8 Å². The number of hydrogen-bond acceptors (Lipinski definition) is 8. The summed E-state index contributed by atoms with van der Waals surface area (Å²) in [5, 5.41) is 6.40. The molecule has 2 saturated heterocycles. The van der Waals surface area contributed by atoms with Crippen molar-refractivity contribution >= 4 is 45.6 Å². The Morgan fingerprint density at radius 3 is 2.66 bits per heavy atom. The van der Waals surface area contributed by atoms with E-state index in [1.165, 1.54) is 24.5 Å². The number of benzene rings is 3. The Morgan fingerprint density at radius 1 is 1.07 bits per heavy atom. The zero-order valence-corrected chi connectivity index (χ0v) is 24.4. The number of rotatable bonds is 11. The number of halogens is 3. The summed E-state index contributed by atoms with van der Waals surface area (Å²) in [6, 6.07) is 11.8. The lowest BCUT2D eigenvalue weighted by Crippen LogP contribution is -2.44. The molecule has 0 aliphatic carbocycles. The van der Waals surface area contributed by atoms with Crippen LogP contribution in [0.5, 0.6) is 11.5 Å². The zero-order chi connectivity index (χ0) is 30.6. The number of aromatic nitrogens is 2. The fraction of sp³-hybridized carbons (Fsp3) is 0.281. The average molecular weight is 622 g/mol. The fourth-order valence-electron chi connectivity index (χ4n) is 5.40. The van der Waals surface area contributed by atoms with Crippen molar-refractivity contribution in [1.29, 1.82) is 0 Å². The predicted molar refractivity (Wildman–Crippen MR) is 164 cm³/mol. The van der Waals surface area contributed by atoms with Gasteiger partial charge in [0.25, 0.3) is 0 Å². The molecule has 228 valence electrons. The lowest BCUT2D eigenvalue weighted by atomic mass is 10.1. The van der Waals surface area contributed by atoms with E-state index in [-0.39, 0.29) is 41.1 Å². The first kappa shape index (κ1) is 29.7. The number of carbonyl (C=O) groups excluding carboxylic acids is 1. The van der Waals surface area contributed by atoms with Gasteiger partial charge in [-0.3, -0.25) is 9.69 Å². The van der Waals surface area contributed by atoms with E-state index in [4.69, 9.17) is 25.8 Å². The highest BCUT2D eigenvalue weighted by atomic mass is 35.5. The van der Waals surface area contributed by atoms with Gasteiger partial charge in [-0.2, -0.15) is 0 Å². The summed E-state index contributed by atoms with van der Waals surface area (Å²) in [7, 11) is 0. The van der Waals surface area contributed by atoms with Crippen molar-refractivity contribution in [3.63, 3.8) is 0 Å². The number of amides is 1. The molecule has 4 aromatic rings. The van der Waals surface area contributed by atoms with Crippen molar-refractivity contribution in [1.82, 2.24) is 14.9 Å². The maximum absolute atomic E-state index is 15.2. The van der Waals surface area contributed by atoms with Crippen LogP contribution in [0.4, 0.5) is 26.0 Å². The van der Waals surface area contributed by atoms with Crippen LogP contribution >= 0.6 is 11.6 Å². The van der Waals surface area contributed by atoms with Crippen molar-refractivity contribution in [3.05, 3.63) is 89.7 Å². The second-order valence-corrected chi connectivity index (χ2v) is 11.1. The predicted octanol–water partition coefficient (Wildman–Crippen LogP) is 6.25. The molecular weight excluding hydrogens is 592 g/mol. The molecule has 0 spiro atoms. The van der Waals surface area contributed by atoms with Crippen LogP contribution in [0, 0.1) is 11.6 Å². The Labute approximate surface area is 257 Å². The summed E-state index contributed by atoms with van der Waals surface area (Å²) < 4.78 is 46.4. The van der Waals surface area contributed by atoms with Gasteiger partial charge in [0, 0.05) is 37.2 Å². The van der Waals surface area contributed by atoms with E-state index < -0.39 is 17.5 Å². The molecule has 9 nitrogen and oxygen atoms in total. The Bertz CT molecular complexity index is 1700. The highest BCUT2D eigenvalue weighted by Crippen LogP contribution is 2.36. The van der Waals surface area contributed by atoms with Crippen molar-refractivity contribution < 1.29 is 27.8 Å². The van der Waals surface area contributed by atoms with Gasteiger partial charge in [-0.05, 0) is 48.7 Å². The van der Waals surface area contributed by atoms with Crippen LogP contribution in [-0.4, -0.2) is 59.2 Å². The van der Waals surface area contributed by atoms with E-state index in [0.29, 0.717) is 41.1 Å². The first-order valence-electron chi connectivity index (χ1n) is 14.2. The molecule has 0 saturated carbocycles. The van der Waals surface area contributed by atoms with Crippen LogP contribution in [0.25, 0.3) is 10.9 Å². The van der Waals surface area contributed by atoms with Gasteiger partial charge < -0.3 is 24.8 Å².